The third kappa shape index (κ3) is 4.49. The van der Waals surface area contributed by atoms with Gasteiger partial charge in [-0.15, -0.1) is 0 Å². The van der Waals surface area contributed by atoms with Crippen molar-refractivity contribution < 1.29 is 0 Å². The second kappa shape index (κ2) is 10.2. The molecule has 1 aliphatic carbocycles. The molecule has 198 valence electrons. The molecule has 1 fully saturated rings. The number of para-hydroxylation sites is 3. The number of fused-ring (bicyclic) bond motifs is 2. The first-order valence-corrected chi connectivity index (χ1v) is 15.4. The molecule has 2 aliphatic rings. The molecule has 4 nitrogen and oxygen atoms in total. The Hall–Kier alpha value is -4.39. The first-order chi connectivity index (χ1) is 20.3. The lowest BCUT2D eigenvalue weighted by Crippen LogP contribution is -2.24. The van der Waals surface area contributed by atoms with Crippen LogP contribution in [0.5, 0.6) is 0 Å². The van der Waals surface area contributed by atoms with Gasteiger partial charge in [0.2, 0.25) is 0 Å². The van der Waals surface area contributed by atoms with Gasteiger partial charge in [0.1, 0.15) is 5.01 Å². The van der Waals surface area contributed by atoms with Crippen LogP contribution >= 0.6 is 23.3 Å². The zero-order chi connectivity index (χ0) is 27.2. The van der Waals surface area contributed by atoms with Crippen molar-refractivity contribution in [2.24, 2.45) is 0 Å². The number of nitrogens with zero attached hydrogens (tertiary/aromatic N) is 4. The van der Waals surface area contributed by atoms with Gasteiger partial charge in [0.25, 0.3) is 0 Å². The summed E-state index contributed by atoms with van der Waals surface area (Å²) in [5, 5.41) is 1.13. The minimum atomic E-state index is 0.359. The zero-order valence-corrected chi connectivity index (χ0v) is 23.8. The molecule has 5 aromatic carbocycles. The van der Waals surface area contributed by atoms with Crippen molar-refractivity contribution >= 4 is 51.7 Å². The molecule has 6 heteroatoms. The average Bonchev–Trinajstić information content (AvgIpc) is 3.67. The zero-order valence-electron chi connectivity index (χ0n) is 22.2. The molecule has 0 radical (unpaired) electrons. The number of anilines is 5. The molecule has 2 atom stereocenters. The summed E-state index contributed by atoms with van der Waals surface area (Å²) in [6, 6.07) is 47.5. The molecule has 1 aliphatic heterocycles. The lowest BCUT2D eigenvalue weighted by Gasteiger charge is -2.34. The van der Waals surface area contributed by atoms with Crippen molar-refractivity contribution in [1.82, 2.24) is 9.36 Å². The Morgan fingerprint density at radius 2 is 1.27 bits per heavy atom. The van der Waals surface area contributed by atoms with Crippen LogP contribution in [0.1, 0.15) is 17.3 Å². The van der Waals surface area contributed by atoms with Crippen molar-refractivity contribution in [3.8, 4) is 11.4 Å². The van der Waals surface area contributed by atoms with E-state index < -0.39 is 0 Å². The van der Waals surface area contributed by atoms with Crippen LogP contribution in [0.4, 0.5) is 28.4 Å². The molecule has 8 rings (SSSR count). The van der Waals surface area contributed by atoms with Gasteiger partial charge in [0.05, 0.1) is 11.4 Å². The van der Waals surface area contributed by atoms with Gasteiger partial charge in [-0.2, -0.15) is 4.37 Å². The molecule has 0 amide bonds. The maximum absolute atomic E-state index is 4.97. The largest absolute Gasteiger partial charge is 0.336 e. The van der Waals surface area contributed by atoms with Crippen molar-refractivity contribution in [2.45, 2.75) is 28.2 Å². The van der Waals surface area contributed by atoms with Gasteiger partial charge in [-0.1, -0.05) is 90.6 Å². The van der Waals surface area contributed by atoms with Gasteiger partial charge >= 0.3 is 0 Å². The number of aromatic nitrogens is 2. The summed E-state index contributed by atoms with van der Waals surface area (Å²) in [6.45, 7) is 0. The molecule has 1 saturated carbocycles. The summed E-state index contributed by atoms with van der Waals surface area (Å²) >= 11 is 3.41. The first-order valence-electron chi connectivity index (χ1n) is 13.8. The van der Waals surface area contributed by atoms with Crippen LogP contribution in [0.3, 0.4) is 0 Å². The molecule has 1 aromatic heterocycles. The summed E-state index contributed by atoms with van der Waals surface area (Å²) < 4.78 is 4.71. The SMILES string of the molecule is c1ccc(-c2nsc(C3CC3N3c4ccccc4Sc4cc(N(c5ccccc5)c5ccccc5)ccc43)n2)cc1. The van der Waals surface area contributed by atoms with E-state index in [1.54, 1.807) is 11.5 Å². The summed E-state index contributed by atoms with van der Waals surface area (Å²) in [5.41, 5.74) is 7.05. The Morgan fingerprint density at radius 3 is 2.00 bits per heavy atom. The Bertz CT molecular complexity index is 1780. The van der Waals surface area contributed by atoms with Crippen LogP contribution < -0.4 is 9.80 Å². The summed E-state index contributed by atoms with van der Waals surface area (Å²) in [5.74, 6) is 1.21. The second-order valence-electron chi connectivity index (χ2n) is 10.3. The Kier molecular flexibility index (Phi) is 6.08. The van der Waals surface area contributed by atoms with Gasteiger partial charge in [-0.3, -0.25) is 0 Å². The van der Waals surface area contributed by atoms with Gasteiger partial charge in [0.15, 0.2) is 5.82 Å². The number of rotatable bonds is 6. The summed E-state index contributed by atoms with van der Waals surface area (Å²) in [7, 11) is 0. The van der Waals surface area contributed by atoms with Gasteiger partial charge in [0, 0.05) is 44.4 Å². The van der Waals surface area contributed by atoms with E-state index in [1.807, 2.05) is 30.0 Å². The molecular formula is C35H26N4S2. The van der Waals surface area contributed by atoms with E-state index >= 15 is 0 Å². The highest BCUT2D eigenvalue weighted by Crippen LogP contribution is 2.57. The molecule has 6 aromatic rings. The highest BCUT2D eigenvalue weighted by Gasteiger charge is 2.48. The van der Waals surface area contributed by atoms with Crippen LogP contribution in [-0.4, -0.2) is 15.4 Å². The van der Waals surface area contributed by atoms with E-state index in [4.69, 9.17) is 9.36 Å². The molecule has 0 bridgehead atoms. The van der Waals surface area contributed by atoms with E-state index in [9.17, 15) is 0 Å². The van der Waals surface area contributed by atoms with E-state index in [0.717, 1.165) is 39.9 Å². The fourth-order valence-electron chi connectivity index (χ4n) is 5.69. The predicted octanol–water partition coefficient (Wildman–Crippen LogP) is 9.83. The number of hydrogen-bond donors (Lipinski definition) is 0. The van der Waals surface area contributed by atoms with Gasteiger partial charge < -0.3 is 9.80 Å². The summed E-state index contributed by atoms with van der Waals surface area (Å²) in [4.78, 5) is 12.4. The maximum Gasteiger partial charge on any atom is 0.173 e. The molecule has 0 N–H and O–H groups in total. The third-order valence-electron chi connectivity index (χ3n) is 7.71. The van der Waals surface area contributed by atoms with Crippen LogP contribution in [0.2, 0.25) is 0 Å². The van der Waals surface area contributed by atoms with E-state index in [0.29, 0.717) is 12.0 Å². The standard InChI is InChI=1S/C35H26N4S2/c1-4-12-24(13-5-1)34-36-35(41-37-34)28-23-31(28)39-29-18-10-11-19-32(29)40-33-22-27(20-21-30(33)39)38(25-14-6-2-7-15-25)26-16-8-3-9-17-26/h1-22,28,31H,23H2. The highest BCUT2D eigenvalue weighted by molar-refractivity contribution is 7.99. The third-order valence-corrected chi connectivity index (χ3v) is 9.67. The van der Waals surface area contributed by atoms with Gasteiger partial charge in [-0.05, 0) is 72.6 Å². The topological polar surface area (TPSA) is 32.3 Å². The van der Waals surface area contributed by atoms with Crippen LogP contribution in [0.15, 0.2) is 143 Å². The smallest absolute Gasteiger partial charge is 0.173 e. The predicted molar refractivity (Wildman–Crippen MR) is 170 cm³/mol. The van der Waals surface area contributed by atoms with Crippen molar-refractivity contribution in [3.63, 3.8) is 0 Å². The van der Waals surface area contributed by atoms with E-state index in [1.165, 1.54) is 21.2 Å². The number of benzene rings is 5. The molecule has 41 heavy (non-hydrogen) atoms. The fourth-order valence-corrected chi connectivity index (χ4v) is 7.64. The van der Waals surface area contributed by atoms with Crippen LogP contribution in [0.25, 0.3) is 11.4 Å². The van der Waals surface area contributed by atoms with Gasteiger partial charge in [-0.25, -0.2) is 4.98 Å². The maximum atomic E-state index is 4.97. The minimum absolute atomic E-state index is 0.359. The van der Waals surface area contributed by atoms with Crippen LogP contribution in [-0.2, 0) is 0 Å². The van der Waals surface area contributed by atoms with Crippen molar-refractivity contribution in [3.05, 3.63) is 138 Å². The molecule has 2 heterocycles. The van der Waals surface area contributed by atoms with Crippen molar-refractivity contribution in [1.29, 1.82) is 0 Å². The highest BCUT2D eigenvalue weighted by atomic mass is 32.2. The Balaban J connectivity index is 1.17. The van der Waals surface area contributed by atoms with Crippen molar-refractivity contribution in [2.75, 3.05) is 9.80 Å². The summed E-state index contributed by atoms with van der Waals surface area (Å²) in [6.07, 6.45) is 1.07. The lowest BCUT2D eigenvalue weighted by molar-refractivity contribution is 0.891. The molecular weight excluding hydrogens is 541 g/mol. The first kappa shape index (κ1) is 24.4. The molecule has 2 unspecified atom stereocenters. The monoisotopic (exact) mass is 566 g/mol. The number of hydrogen-bond acceptors (Lipinski definition) is 6. The van der Waals surface area contributed by atoms with Crippen LogP contribution in [0, 0.1) is 0 Å². The minimum Gasteiger partial charge on any atom is -0.336 e. The average molecular weight is 567 g/mol. The quantitative estimate of drug-likeness (QED) is 0.200. The Morgan fingerprint density at radius 1 is 0.634 bits per heavy atom. The van der Waals surface area contributed by atoms with E-state index in [-0.39, 0.29) is 0 Å². The normalized spacial score (nSPS) is 17.0. The second-order valence-corrected chi connectivity index (χ2v) is 12.2. The van der Waals surface area contributed by atoms with E-state index in [2.05, 4.69) is 125 Å². The lowest BCUT2D eigenvalue weighted by atomic mass is 10.1. The fraction of sp³-hybridized carbons (Fsp3) is 0.0857. The molecule has 0 saturated heterocycles. The Labute approximate surface area is 248 Å². The molecule has 0 spiro atoms.